The highest BCUT2D eigenvalue weighted by Gasteiger charge is 2.30. The number of aryl methyl sites for hydroxylation is 1. The summed E-state index contributed by atoms with van der Waals surface area (Å²) in [6.45, 7) is 1.81. The third-order valence-corrected chi connectivity index (χ3v) is 3.00. The van der Waals surface area contributed by atoms with Crippen molar-refractivity contribution in [2.24, 2.45) is 0 Å². The van der Waals surface area contributed by atoms with E-state index in [1.807, 2.05) is 6.92 Å². The van der Waals surface area contributed by atoms with Gasteiger partial charge in [-0.1, -0.05) is 5.10 Å². The van der Waals surface area contributed by atoms with E-state index in [4.69, 9.17) is 4.42 Å². The van der Waals surface area contributed by atoms with Gasteiger partial charge < -0.3 is 14.5 Å². The monoisotopic (exact) mass is 336 g/mol. The largest absolute Gasteiger partial charge is 0.573 e. The van der Waals surface area contributed by atoms with Gasteiger partial charge in [0.2, 0.25) is 0 Å². The molecule has 6 nitrogen and oxygen atoms in total. The Bertz CT molecular complexity index is 831. The predicted molar refractivity (Wildman–Crippen MR) is 78.7 cm³/mol. The van der Waals surface area contributed by atoms with Crippen LogP contribution in [0.3, 0.4) is 0 Å². The first kappa shape index (κ1) is 15.8. The van der Waals surface area contributed by atoms with Crippen LogP contribution in [0.15, 0.2) is 47.0 Å². The summed E-state index contributed by atoms with van der Waals surface area (Å²) in [6, 6.07) is 8.82. The van der Waals surface area contributed by atoms with E-state index in [9.17, 15) is 13.2 Å². The van der Waals surface area contributed by atoms with Crippen molar-refractivity contribution in [3.05, 3.63) is 48.3 Å². The molecule has 0 aliphatic rings. The molecule has 1 aromatic carbocycles. The van der Waals surface area contributed by atoms with E-state index in [1.165, 1.54) is 24.3 Å². The van der Waals surface area contributed by atoms with E-state index in [-0.39, 0.29) is 11.8 Å². The third kappa shape index (κ3) is 3.80. The van der Waals surface area contributed by atoms with Crippen molar-refractivity contribution < 1.29 is 22.3 Å². The zero-order valence-electron chi connectivity index (χ0n) is 12.3. The molecule has 0 radical (unpaired) electrons. The van der Waals surface area contributed by atoms with Crippen LogP contribution in [0.1, 0.15) is 5.69 Å². The lowest BCUT2D eigenvalue weighted by Gasteiger charge is -2.09. The summed E-state index contributed by atoms with van der Waals surface area (Å²) >= 11 is 0. The fourth-order valence-corrected chi connectivity index (χ4v) is 1.96. The third-order valence-electron chi connectivity index (χ3n) is 3.00. The van der Waals surface area contributed by atoms with Gasteiger partial charge in [0, 0.05) is 17.6 Å². The molecule has 1 N–H and O–H groups in total. The molecule has 0 saturated heterocycles. The molecule has 9 heteroatoms. The highest BCUT2D eigenvalue weighted by molar-refractivity contribution is 5.58. The number of anilines is 2. The van der Waals surface area contributed by atoms with Crippen molar-refractivity contribution in [2.75, 3.05) is 5.32 Å². The Kier molecular flexibility index (Phi) is 4.07. The number of halogens is 3. The van der Waals surface area contributed by atoms with Gasteiger partial charge in [-0.15, -0.1) is 18.3 Å². The summed E-state index contributed by atoms with van der Waals surface area (Å²) in [5, 5.41) is 10.6. The molecule has 0 unspecified atom stereocenters. The molecular formula is C15H11F3N4O2. The second-order valence-electron chi connectivity index (χ2n) is 4.75. The number of rotatable bonds is 4. The lowest BCUT2D eigenvalue weighted by atomic mass is 10.2. The number of benzene rings is 1. The van der Waals surface area contributed by atoms with Crippen molar-refractivity contribution in [1.82, 2.24) is 15.2 Å². The number of pyridine rings is 1. The van der Waals surface area contributed by atoms with Gasteiger partial charge in [0.25, 0.3) is 5.89 Å². The molecule has 0 fully saturated rings. The first-order valence-electron chi connectivity index (χ1n) is 6.79. The minimum absolute atomic E-state index is 0.109. The number of ether oxygens (including phenoxy) is 1. The molecule has 124 valence electrons. The van der Waals surface area contributed by atoms with Crippen LogP contribution < -0.4 is 10.1 Å². The Balaban J connectivity index is 1.72. The normalized spacial score (nSPS) is 11.3. The zero-order valence-corrected chi connectivity index (χ0v) is 12.3. The van der Waals surface area contributed by atoms with Gasteiger partial charge in [0.15, 0.2) is 0 Å². The van der Waals surface area contributed by atoms with Gasteiger partial charge in [0.1, 0.15) is 5.75 Å². The molecule has 0 aliphatic carbocycles. The summed E-state index contributed by atoms with van der Waals surface area (Å²) in [5.41, 5.74) is 1.91. The lowest BCUT2D eigenvalue weighted by molar-refractivity contribution is -0.274. The predicted octanol–water partition coefficient (Wildman–Crippen LogP) is 4.08. The number of hydrogen-bond acceptors (Lipinski definition) is 6. The molecule has 2 aromatic heterocycles. The molecule has 0 amide bonds. The van der Waals surface area contributed by atoms with E-state index in [1.54, 1.807) is 18.3 Å². The molecule has 0 bridgehead atoms. The quantitative estimate of drug-likeness (QED) is 0.774. The smallest absolute Gasteiger partial charge is 0.406 e. The van der Waals surface area contributed by atoms with Gasteiger partial charge in [-0.3, -0.25) is 4.98 Å². The Morgan fingerprint density at radius 1 is 1.08 bits per heavy atom. The first-order valence-corrected chi connectivity index (χ1v) is 6.79. The Labute approximate surface area is 134 Å². The molecule has 24 heavy (non-hydrogen) atoms. The molecule has 0 saturated carbocycles. The summed E-state index contributed by atoms with van der Waals surface area (Å²) in [4.78, 5) is 4.13. The summed E-state index contributed by atoms with van der Waals surface area (Å²) in [5.74, 6) is -0.0228. The summed E-state index contributed by atoms with van der Waals surface area (Å²) in [6.07, 6.45) is -3.07. The minimum atomic E-state index is -4.72. The highest BCUT2D eigenvalue weighted by atomic mass is 19.4. The second-order valence-corrected chi connectivity index (χ2v) is 4.75. The van der Waals surface area contributed by atoms with Gasteiger partial charge in [-0.2, -0.15) is 0 Å². The maximum absolute atomic E-state index is 12.1. The minimum Gasteiger partial charge on any atom is -0.406 e. The standard InChI is InChI=1S/C15H11F3N4O2/c1-9-12(3-2-8-19-9)13-21-22-14(23-13)20-10-4-6-11(7-5-10)24-15(16,17)18/h2-8H,1H3,(H,20,22). The number of aromatic nitrogens is 3. The first-order chi connectivity index (χ1) is 11.4. The van der Waals surface area contributed by atoms with Crippen LogP contribution in [0.4, 0.5) is 24.9 Å². The van der Waals surface area contributed by atoms with Crippen LogP contribution in [-0.2, 0) is 0 Å². The van der Waals surface area contributed by atoms with E-state index in [2.05, 4.69) is 25.2 Å². The van der Waals surface area contributed by atoms with Gasteiger partial charge in [-0.05, 0) is 43.3 Å². The molecule has 3 aromatic rings. The SMILES string of the molecule is Cc1ncccc1-c1nnc(Nc2ccc(OC(F)(F)F)cc2)o1. The number of nitrogens with zero attached hydrogens (tertiary/aromatic N) is 3. The average molecular weight is 336 g/mol. The average Bonchev–Trinajstić information content (AvgIpc) is 2.96. The van der Waals surface area contributed by atoms with Crippen LogP contribution in [-0.4, -0.2) is 21.5 Å². The number of hydrogen-bond donors (Lipinski definition) is 1. The van der Waals surface area contributed by atoms with Crippen LogP contribution in [0.5, 0.6) is 5.75 Å². The van der Waals surface area contributed by atoms with Gasteiger partial charge in [0.05, 0.1) is 5.56 Å². The number of nitrogens with one attached hydrogen (secondary N) is 1. The van der Waals surface area contributed by atoms with E-state index >= 15 is 0 Å². The Morgan fingerprint density at radius 2 is 1.83 bits per heavy atom. The van der Waals surface area contributed by atoms with Crippen molar-refractivity contribution in [2.45, 2.75) is 13.3 Å². The Hall–Kier alpha value is -3.10. The lowest BCUT2D eigenvalue weighted by Crippen LogP contribution is -2.16. The molecule has 2 heterocycles. The Morgan fingerprint density at radius 3 is 2.50 bits per heavy atom. The van der Waals surface area contributed by atoms with Crippen molar-refractivity contribution >= 4 is 11.7 Å². The molecular weight excluding hydrogens is 325 g/mol. The van der Waals surface area contributed by atoms with Gasteiger partial charge >= 0.3 is 12.4 Å². The van der Waals surface area contributed by atoms with E-state index < -0.39 is 6.36 Å². The maximum atomic E-state index is 12.1. The van der Waals surface area contributed by atoms with Gasteiger partial charge in [-0.25, -0.2) is 0 Å². The molecule has 0 spiro atoms. The van der Waals surface area contributed by atoms with Crippen LogP contribution in [0.25, 0.3) is 11.5 Å². The van der Waals surface area contributed by atoms with Crippen molar-refractivity contribution in [3.8, 4) is 17.2 Å². The molecule has 0 aliphatic heterocycles. The van der Waals surface area contributed by atoms with E-state index in [0.29, 0.717) is 17.1 Å². The summed E-state index contributed by atoms with van der Waals surface area (Å²) in [7, 11) is 0. The van der Waals surface area contributed by atoms with E-state index in [0.717, 1.165) is 5.69 Å². The van der Waals surface area contributed by atoms with Crippen LogP contribution in [0, 0.1) is 6.92 Å². The van der Waals surface area contributed by atoms with Crippen LogP contribution in [0.2, 0.25) is 0 Å². The molecule has 3 rings (SSSR count). The fraction of sp³-hybridized carbons (Fsp3) is 0.133. The topological polar surface area (TPSA) is 73.1 Å². The fourth-order valence-electron chi connectivity index (χ4n) is 1.96. The number of alkyl halides is 3. The van der Waals surface area contributed by atoms with Crippen LogP contribution >= 0.6 is 0 Å². The summed E-state index contributed by atoms with van der Waals surface area (Å²) < 4.78 is 45.6. The van der Waals surface area contributed by atoms with Crippen molar-refractivity contribution in [3.63, 3.8) is 0 Å². The zero-order chi connectivity index (χ0) is 17.2. The highest BCUT2D eigenvalue weighted by Crippen LogP contribution is 2.26. The maximum Gasteiger partial charge on any atom is 0.573 e. The second kappa shape index (κ2) is 6.19. The molecule has 0 atom stereocenters. The van der Waals surface area contributed by atoms with Crippen molar-refractivity contribution in [1.29, 1.82) is 0 Å².